The summed E-state index contributed by atoms with van der Waals surface area (Å²) in [4.78, 5) is 28.2. The van der Waals surface area contributed by atoms with Crippen LogP contribution in [0.25, 0.3) is 0 Å². The molecule has 2 atom stereocenters. The summed E-state index contributed by atoms with van der Waals surface area (Å²) in [6, 6.07) is 0.183. The molecule has 0 aromatic rings. The molecule has 5 heteroatoms. The number of carbonyl (C=O) groups is 2. The molecule has 20 heavy (non-hydrogen) atoms. The van der Waals surface area contributed by atoms with Crippen LogP contribution in [0.5, 0.6) is 0 Å². The number of nitrogens with zero attached hydrogens (tertiary/aromatic N) is 2. The molecule has 2 amide bonds. The van der Waals surface area contributed by atoms with Crippen LogP contribution < -0.4 is 5.73 Å². The van der Waals surface area contributed by atoms with Crippen molar-refractivity contribution in [1.29, 1.82) is 0 Å². The average molecular weight is 281 g/mol. The summed E-state index contributed by atoms with van der Waals surface area (Å²) in [5, 5.41) is 0. The fourth-order valence-corrected chi connectivity index (χ4v) is 3.32. The molecule has 2 rings (SSSR count). The molecule has 1 saturated carbocycles. The Labute approximate surface area is 121 Å². The van der Waals surface area contributed by atoms with Crippen molar-refractivity contribution < 1.29 is 9.59 Å². The van der Waals surface area contributed by atoms with Crippen molar-refractivity contribution in [2.75, 3.05) is 26.2 Å². The minimum absolute atomic E-state index is 0.104. The van der Waals surface area contributed by atoms with Gasteiger partial charge in [0.2, 0.25) is 11.8 Å². The lowest BCUT2D eigenvalue weighted by Gasteiger charge is -2.30. The molecule has 2 unspecified atom stereocenters. The van der Waals surface area contributed by atoms with Gasteiger partial charge >= 0.3 is 0 Å². The first-order chi connectivity index (χ1) is 9.61. The Balaban J connectivity index is 1.89. The molecule has 1 aliphatic carbocycles. The zero-order valence-electron chi connectivity index (χ0n) is 12.5. The van der Waals surface area contributed by atoms with Crippen LogP contribution in [0.2, 0.25) is 0 Å². The first-order valence-electron chi connectivity index (χ1n) is 7.94. The van der Waals surface area contributed by atoms with E-state index in [0.717, 1.165) is 45.2 Å². The molecule has 0 aromatic carbocycles. The molecule has 5 nitrogen and oxygen atoms in total. The monoisotopic (exact) mass is 281 g/mol. The van der Waals surface area contributed by atoms with Crippen molar-refractivity contribution in [3.8, 4) is 0 Å². The van der Waals surface area contributed by atoms with Crippen molar-refractivity contribution in [3.63, 3.8) is 0 Å². The maximum Gasteiger partial charge on any atom is 0.225 e. The van der Waals surface area contributed by atoms with E-state index in [4.69, 9.17) is 5.73 Å². The minimum Gasteiger partial charge on any atom is -0.341 e. The molecule has 2 fully saturated rings. The van der Waals surface area contributed by atoms with Crippen LogP contribution in [-0.4, -0.2) is 53.8 Å². The molecule has 2 aliphatic rings. The molecule has 1 saturated heterocycles. The third-order valence-corrected chi connectivity index (χ3v) is 4.53. The van der Waals surface area contributed by atoms with E-state index in [-0.39, 0.29) is 23.8 Å². The van der Waals surface area contributed by atoms with Gasteiger partial charge < -0.3 is 15.5 Å². The number of rotatable bonds is 2. The Kier molecular flexibility index (Phi) is 5.40. The number of hydrogen-bond donors (Lipinski definition) is 1. The van der Waals surface area contributed by atoms with Crippen LogP contribution >= 0.6 is 0 Å². The summed E-state index contributed by atoms with van der Waals surface area (Å²) in [5.74, 6) is 0.553. The summed E-state index contributed by atoms with van der Waals surface area (Å²) in [5.41, 5.74) is 5.98. The second kappa shape index (κ2) is 7.07. The topological polar surface area (TPSA) is 66.6 Å². The van der Waals surface area contributed by atoms with Crippen LogP contribution in [-0.2, 0) is 9.59 Å². The van der Waals surface area contributed by atoms with Crippen LogP contribution in [0.1, 0.15) is 45.4 Å². The van der Waals surface area contributed by atoms with Gasteiger partial charge in [-0.3, -0.25) is 9.59 Å². The number of carbonyl (C=O) groups excluding carboxylic acids is 2. The summed E-state index contributed by atoms with van der Waals surface area (Å²) in [6.45, 7) is 4.80. The predicted octanol–water partition coefficient (Wildman–Crippen LogP) is 0.975. The fourth-order valence-electron chi connectivity index (χ4n) is 3.32. The van der Waals surface area contributed by atoms with Gasteiger partial charge in [0.1, 0.15) is 0 Å². The van der Waals surface area contributed by atoms with Crippen LogP contribution in [0, 0.1) is 5.92 Å². The first kappa shape index (κ1) is 15.3. The number of nitrogens with two attached hydrogens (primary N) is 1. The lowest BCUT2D eigenvalue weighted by atomic mass is 9.85. The van der Waals surface area contributed by atoms with Gasteiger partial charge in [-0.25, -0.2) is 0 Å². The molecule has 0 bridgehead atoms. The van der Waals surface area contributed by atoms with Gasteiger partial charge in [0.15, 0.2) is 0 Å². The van der Waals surface area contributed by atoms with Gasteiger partial charge in [-0.1, -0.05) is 13.3 Å². The largest absolute Gasteiger partial charge is 0.341 e. The molecule has 1 aliphatic heterocycles. The SMILES string of the molecule is CCC(=O)N1CCCN(C(=O)C2CCCC(N)C2)CC1. The molecule has 0 radical (unpaired) electrons. The van der Waals surface area contributed by atoms with E-state index in [1.165, 1.54) is 0 Å². The van der Waals surface area contributed by atoms with Crippen LogP contribution in [0.3, 0.4) is 0 Å². The third-order valence-electron chi connectivity index (χ3n) is 4.53. The van der Waals surface area contributed by atoms with E-state index in [0.29, 0.717) is 19.5 Å². The van der Waals surface area contributed by atoms with Gasteiger partial charge in [0, 0.05) is 44.6 Å². The molecule has 0 spiro atoms. The molecular weight excluding hydrogens is 254 g/mol. The average Bonchev–Trinajstić information content (AvgIpc) is 2.71. The van der Waals surface area contributed by atoms with Crippen LogP contribution in [0.4, 0.5) is 0 Å². The zero-order chi connectivity index (χ0) is 14.5. The van der Waals surface area contributed by atoms with E-state index in [9.17, 15) is 9.59 Å². The third kappa shape index (κ3) is 3.72. The minimum atomic E-state index is 0.104. The summed E-state index contributed by atoms with van der Waals surface area (Å²) >= 11 is 0. The highest BCUT2D eigenvalue weighted by Gasteiger charge is 2.30. The predicted molar refractivity (Wildman–Crippen MR) is 78.0 cm³/mol. The van der Waals surface area contributed by atoms with Gasteiger partial charge in [-0.2, -0.15) is 0 Å². The number of hydrogen-bond acceptors (Lipinski definition) is 3. The van der Waals surface area contributed by atoms with Crippen molar-refractivity contribution in [2.45, 2.75) is 51.5 Å². The van der Waals surface area contributed by atoms with Crippen molar-refractivity contribution in [1.82, 2.24) is 9.80 Å². The van der Waals surface area contributed by atoms with Crippen molar-refractivity contribution in [2.24, 2.45) is 11.7 Å². The second-order valence-electron chi connectivity index (χ2n) is 6.04. The first-order valence-corrected chi connectivity index (χ1v) is 7.94. The zero-order valence-corrected chi connectivity index (χ0v) is 12.5. The van der Waals surface area contributed by atoms with Gasteiger partial charge in [-0.05, 0) is 25.7 Å². The van der Waals surface area contributed by atoms with Gasteiger partial charge in [-0.15, -0.1) is 0 Å². The van der Waals surface area contributed by atoms with E-state index >= 15 is 0 Å². The fraction of sp³-hybridized carbons (Fsp3) is 0.867. The lowest BCUT2D eigenvalue weighted by molar-refractivity contribution is -0.137. The van der Waals surface area contributed by atoms with Crippen molar-refractivity contribution >= 4 is 11.8 Å². The number of amides is 2. The van der Waals surface area contributed by atoms with E-state index < -0.39 is 0 Å². The normalized spacial score (nSPS) is 28.1. The molecule has 2 N–H and O–H groups in total. The summed E-state index contributed by atoms with van der Waals surface area (Å²) < 4.78 is 0. The summed E-state index contributed by atoms with van der Waals surface area (Å²) in [7, 11) is 0. The Bertz CT molecular complexity index is 359. The maximum atomic E-state index is 12.6. The van der Waals surface area contributed by atoms with E-state index in [1.54, 1.807) is 0 Å². The lowest BCUT2D eigenvalue weighted by Crippen LogP contribution is -2.42. The Morgan fingerprint density at radius 3 is 2.45 bits per heavy atom. The van der Waals surface area contributed by atoms with Gasteiger partial charge in [0.25, 0.3) is 0 Å². The molecule has 1 heterocycles. The van der Waals surface area contributed by atoms with Gasteiger partial charge in [0.05, 0.1) is 0 Å². The molecule has 0 aromatic heterocycles. The smallest absolute Gasteiger partial charge is 0.225 e. The standard InChI is InChI=1S/C15H27N3O2/c1-2-14(19)17-7-4-8-18(10-9-17)15(20)12-5-3-6-13(16)11-12/h12-13H,2-11,16H2,1H3. The Hall–Kier alpha value is -1.10. The van der Waals surface area contributed by atoms with Crippen LogP contribution in [0.15, 0.2) is 0 Å². The Morgan fingerprint density at radius 1 is 1.05 bits per heavy atom. The highest BCUT2D eigenvalue weighted by molar-refractivity contribution is 5.79. The van der Waals surface area contributed by atoms with E-state index in [2.05, 4.69) is 0 Å². The highest BCUT2D eigenvalue weighted by Crippen LogP contribution is 2.25. The molecular formula is C15H27N3O2. The van der Waals surface area contributed by atoms with E-state index in [1.807, 2.05) is 16.7 Å². The quantitative estimate of drug-likeness (QED) is 0.820. The second-order valence-corrected chi connectivity index (χ2v) is 6.04. The summed E-state index contributed by atoms with van der Waals surface area (Å²) in [6.07, 6.45) is 5.34. The maximum absolute atomic E-state index is 12.6. The molecule has 114 valence electrons. The Morgan fingerprint density at radius 2 is 1.75 bits per heavy atom. The van der Waals surface area contributed by atoms with Crippen molar-refractivity contribution in [3.05, 3.63) is 0 Å². The highest BCUT2D eigenvalue weighted by atomic mass is 16.2.